The number of fused-ring (bicyclic) bond motifs is 2. The molecule has 0 unspecified atom stereocenters. The third-order valence-corrected chi connectivity index (χ3v) is 5.46. The predicted octanol–water partition coefficient (Wildman–Crippen LogP) is 4.39. The number of imidazole rings is 1. The second kappa shape index (κ2) is 5.53. The Morgan fingerprint density at radius 2 is 1.96 bits per heavy atom. The summed E-state index contributed by atoms with van der Waals surface area (Å²) in [6.45, 7) is 2.83. The fraction of sp³-hybridized carbons (Fsp3) is 0.105. The van der Waals surface area contributed by atoms with Gasteiger partial charge in [0.25, 0.3) is 0 Å². The molecule has 0 saturated heterocycles. The summed E-state index contributed by atoms with van der Waals surface area (Å²) >= 11 is 1.80. The number of aromatic amines is 1. The van der Waals surface area contributed by atoms with Crippen molar-refractivity contribution in [3.05, 3.63) is 65.4 Å². The molecule has 0 aliphatic heterocycles. The maximum absolute atomic E-state index is 4.86. The Bertz CT molecular complexity index is 1180. The van der Waals surface area contributed by atoms with Gasteiger partial charge in [0.2, 0.25) is 0 Å². The molecule has 0 spiro atoms. The summed E-state index contributed by atoms with van der Waals surface area (Å²) in [5, 5.41) is 5.71. The lowest BCUT2D eigenvalue weighted by molar-refractivity contribution is 0.704. The van der Waals surface area contributed by atoms with E-state index in [2.05, 4.69) is 46.3 Å². The molecule has 0 amide bonds. The van der Waals surface area contributed by atoms with Crippen molar-refractivity contribution < 1.29 is 0 Å². The monoisotopic (exact) mass is 345 g/mol. The van der Waals surface area contributed by atoms with Crippen LogP contribution in [0, 0.1) is 6.92 Å². The molecule has 5 aromatic rings. The number of nitrogens with zero attached hydrogens (tertiary/aromatic N) is 4. The summed E-state index contributed by atoms with van der Waals surface area (Å²) in [6, 6.07) is 12.5. The van der Waals surface area contributed by atoms with Gasteiger partial charge in [0.05, 0.1) is 12.7 Å². The highest BCUT2D eigenvalue weighted by molar-refractivity contribution is 7.19. The highest BCUT2D eigenvalue weighted by atomic mass is 32.1. The fourth-order valence-corrected chi connectivity index (χ4v) is 4.27. The van der Waals surface area contributed by atoms with Crippen LogP contribution in [0.2, 0.25) is 0 Å². The molecule has 0 atom stereocenters. The van der Waals surface area contributed by atoms with E-state index in [1.165, 1.54) is 20.5 Å². The molecule has 0 aliphatic carbocycles. The van der Waals surface area contributed by atoms with Gasteiger partial charge in [-0.1, -0.05) is 18.2 Å². The lowest BCUT2D eigenvalue weighted by Gasteiger charge is -2.01. The quantitative estimate of drug-likeness (QED) is 0.527. The molecule has 0 aliphatic rings. The van der Waals surface area contributed by atoms with Gasteiger partial charge in [-0.25, -0.2) is 9.67 Å². The molecule has 0 bridgehead atoms. The Hall–Kier alpha value is -2.99. The van der Waals surface area contributed by atoms with Crippen molar-refractivity contribution in [1.82, 2.24) is 24.7 Å². The van der Waals surface area contributed by atoms with E-state index in [1.807, 2.05) is 23.0 Å². The van der Waals surface area contributed by atoms with Crippen molar-refractivity contribution in [2.45, 2.75) is 13.5 Å². The SMILES string of the molecule is Cc1sc2ccccc2c1-c1nc2c(cnn2Cc2ccncc2)[nH]1. The lowest BCUT2D eigenvalue weighted by Crippen LogP contribution is -2.01. The maximum atomic E-state index is 4.86. The smallest absolute Gasteiger partial charge is 0.177 e. The van der Waals surface area contributed by atoms with E-state index in [4.69, 9.17) is 4.98 Å². The van der Waals surface area contributed by atoms with Gasteiger partial charge in [-0.2, -0.15) is 5.10 Å². The molecule has 6 heteroatoms. The molecule has 25 heavy (non-hydrogen) atoms. The summed E-state index contributed by atoms with van der Waals surface area (Å²) in [7, 11) is 0. The zero-order valence-electron chi connectivity index (χ0n) is 13.6. The minimum absolute atomic E-state index is 0.680. The van der Waals surface area contributed by atoms with Crippen molar-refractivity contribution >= 4 is 32.6 Å². The number of benzene rings is 1. The lowest BCUT2D eigenvalue weighted by atomic mass is 10.1. The zero-order valence-corrected chi connectivity index (χ0v) is 14.4. The minimum atomic E-state index is 0.680. The van der Waals surface area contributed by atoms with Gasteiger partial charge < -0.3 is 4.98 Å². The number of hydrogen-bond donors (Lipinski definition) is 1. The summed E-state index contributed by atoms with van der Waals surface area (Å²) in [5.41, 5.74) is 4.18. The molecule has 0 radical (unpaired) electrons. The Balaban J connectivity index is 1.62. The van der Waals surface area contributed by atoms with Crippen LogP contribution in [0.4, 0.5) is 0 Å². The summed E-state index contributed by atoms with van der Waals surface area (Å²) < 4.78 is 3.21. The van der Waals surface area contributed by atoms with Crippen LogP contribution in [-0.2, 0) is 6.54 Å². The molecule has 4 heterocycles. The molecule has 0 saturated carbocycles. The third kappa shape index (κ3) is 2.34. The first-order valence-corrected chi connectivity index (χ1v) is 8.90. The van der Waals surface area contributed by atoms with Gasteiger partial charge in [0, 0.05) is 32.9 Å². The molecular weight excluding hydrogens is 330 g/mol. The van der Waals surface area contributed by atoms with Crippen molar-refractivity contribution in [2.75, 3.05) is 0 Å². The average Bonchev–Trinajstić information content (AvgIpc) is 3.28. The molecule has 1 N–H and O–H groups in total. The van der Waals surface area contributed by atoms with Gasteiger partial charge in [-0.3, -0.25) is 4.98 Å². The number of aromatic nitrogens is 5. The van der Waals surface area contributed by atoms with E-state index in [0.29, 0.717) is 6.54 Å². The first-order valence-electron chi connectivity index (χ1n) is 8.08. The summed E-state index contributed by atoms with van der Waals surface area (Å²) in [4.78, 5) is 13.6. The Morgan fingerprint density at radius 3 is 2.84 bits per heavy atom. The average molecular weight is 345 g/mol. The van der Waals surface area contributed by atoms with Crippen LogP contribution < -0.4 is 0 Å². The van der Waals surface area contributed by atoms with Crippen molar-refractivity contribution in [1.29, 1.82) is 0 Å². The van der Waals surface area contributed by atoms with E-state index in [0.717, 1.165) is 22.6 Å². The fourth-order valence-electron chi connectivity index (χ4n) is 3.20. The van der Waals surface area contributed by atoms with Crippen LogP contribution >= 0.6 is 11.3 Å². The molecular formula is C19H15N5S. The number of hydrogen-bond acceptors (Lipinski definition) is 4. The molecule has 1 aromatic carbocycles. The summed E-state index contributed by atoms with van der Waals surface area (Å²) in [5.74, 6) is 0.908. The number of H-pyrrole nitrogens is 1. The molecule has 5 nitrogen and oxygen atoms in total. The zero-order chi connectivity index (χ0) is 16.8. The minimum Gasteiger partial charge on any atom is -0.335 e. The number of pyridine rings is 1. The van der Waals surface area contributed by atoms with E-state index < -0.39 is 0 Å². The normalized spacial score (nSPS) is 11.6. The van der Waals surface area contributed by atoms with Gasteiger partial charge in [0.1, 0.15) is 11.3 Å². The van der Waals surface area contributed by atoms with Crippen LogP contribution in [0.3, 0.4) is 0 Å². The van der Waals surface area contributed by atoms with Crippen LogP contribution in [0.1, 0.15) is 10.4 Å². The summed E-state index contributed by atoms with van der Waals surface area (Å²) in [6.07, 6.45) is 5.44. The second-order valence-corrected chi connectivity index (χ2v) is 7.27. The molecule has 4 aromatic heterocycles. The second-order valence-electron chi connectivity index (χ2n) is 6.01. The van der Waals surface area contributed by atoms with E-state index in [-0.39, 0.29) is 0 Å². The van der Waals surface area contributed by atoms with Gasteiger partial charge in [0.15, 0.2) is 5.65 Å². The number of thiophene rings is 1. The van der Waals surface area contributed by atoms with Gasteiger partial charge in [-0.15, -0.1) is 11.3 Å². The van der Waals surface area contributed by atoms with Crippen molar-refractivity contribution in [3.8, 4) is 11.4 Å². The molecule has 122 valence electrons. The van der Waals surface area contributed by atoms with Crippen molar-refractivity contribution in [2.24, 2.45) is 0 Å². The predicted molar refractivity (Wildman–Crippen MR) is 101 cm³/mol. The number of nitrogens with one attached hydrogen (secondary N) is 1. The number of rotatable bonds is 3. The van der Waals surface area contributed by atoms with E-state index >= 15 is 0 Å². The maximum Gasteiger partial charge on any atom is 0.177 e. The Labute approximate surface area is 148 Å². The molecule has 5 rings (SSSR count). The van der Waals surface area contributed by atoms with Gasteiger partial charge in [-0.05, 0) is 30.7 Å². The van der Waals surface area contributed by atoms with E-state index in [1.54, 1.807) is 23.7 Å². The van der Waals surface area contributed by atoms with Crippen LogP contribution in [0.5, 0.6) is 0 Å². The van der Waals surface area contributed by atoms with E-state index in [9.17, 15) is 0 Å². The van der Waals surface area contributed by atoms with Crippen LogP contribution in [0.25, 0.3) is 32.6 Å². The standard InChI is InChI=1S/C19H15N5S/c1-12-17(14-4-2-3-5-16(14)25-12)18-22-15-10-21-24(19(15)23-18)11-13-6-8-20-9-7-13/h2-10H,11H2,1H3,(H,22,23). The van der Waals surface area contributed by atoms with Crippen LogP contribution in [-0.4, -0.2) is 24.7 Å². The molecule has 0 fully saturated rings. The third-order valence-electron chi connectivity index (χ3n) is 4.37. The topological polar surface area (TPSA) is 59.4 Å². The van der Waals surface area contributed by atoms with Gasteiger partial charge >= 0.3 is 0 Å². The highest BCUT2D eigenvalue weighted by Gasteiger charge is 2.16. The Morgan fingerprint density at radius 1 is 1.12 bits per heavy atom. The van der Waals surface area contributed by atoms with Crippen LogP contribution in [0.15, 0.2) is 55.0 Å². The first kappa shape index (κ1) is 14.4. The Kier molecular flexibility index (Phi) is 3.18. The largest absolute Gasteiger partial charge is 0.335 e. The number of aryl methyl sites for hydroxylation is 1. The van der Waals surface area contributed by atoms with Crippen molar-refractivity contribution in [3.63, 3.8) is 0 Å². The highest BCUT2D eigenvalue weighted by Crippen LogP contribution is 2.37. The first-order chi connectivity index (χ1) is 12.3.